The average molecular weight is 200 g/mol. The van der Waals surface area contributed by atoms with Crippen molar-refractivity contribution in [2.45, 2.75) is 0 Å². The van der Waals surface area contributed by atoms with Crippen LogP contribution in [-0.2, 0) is 0 Å². The number of anilines is 1. The molecule has 0 amide bonds. The summed E-state index contributed by atoms with van der Waals surface area (Å²) in [5, 5.41) is 0. The summed E-state index contributed by atoms with van der Waals surface area (Å²) >= 11 is 0. The van der Waals surface area contributed by atoms with E-state index in [-0.39, 0.29) is 0 Å². The van der Waals surface area contributed by atoms with E-state index in [4.69, 9.17) is 10.5 Å². The summed E-state index contributed by atoms with van der Waals surface area (Å²) in [6.45, 7) is 0. The molecule has 3 nitrogen and oxygen atoms in total. The second-order valence-corrected chi connectivity index (χ2v) is 3.17. The van der Waals surface area contributed by atoms with Gasteiger partial charge < -0.3 is 10.5 Å². The molecule has 0 spiro atoms. The Labute approximate surface area is 88.5 Å². The first-order chi connectivity index (χ1) is 7.31. The topological polar surface area (TPSA) is 48.1 Å². The Bertz CT molecular complexity index is 469. The molecule has 0 saturated heterocycles. The normalized spacial score (nSPS) is 9.93. The standard InChI is InChI=1S/C12H12N2O/c1-15-12-8-9(6-7-14-12)10-4-2-3-5-11(10)13/h2-8H,13H2,1H3. The van der Waals surface area contributed by atoms with Crippen molar-refractivity contribution in [2.24, 2.45) is 0 Å². The van der Waals surface area contributed by atoms with Gasteiger partial charge >= 0.3 is 0 Å². The molecule has 0 radical (unpaired) electrons. The van der Waals surface area contributed by atoms with E-state index in [1.807, 2.05) is 36.4 Å². The van der Waals surface area contributed by atoms with Crippen molar-refractivity contribution in [3.63, 3.8) is 0 Å². The molecule has 0 unspecified atom stereocenters. The van der Waals surface area contributed by atoms with Gasteiger partial charge in [0.2, 0.25) is 5.88 Å². The first kappa shape index (κ1) is 9.52. The number of rotatable bonds is 2. The van der Waals surface area contributed by atoms with Crippen molar-refractivity contribution in [1.29, 1.82) is 0 Å². The number of nitrogen functional groups attached to an aromatic ring is 1. The van der Waals surface area contributed by atoms with E-state index in [1.165, 1.54) is 0 Å². The minimum Gasteiger partial charge on any atom is -0.481 e. The minimum absolute atomic E-state index is 0.593. The van der Waals surface area contributed by atoms with Crippen LogP contribution < -0.4 is 10.5 Å². The molecule has 3 heteroatoms. The van der Waals surface area contributed by atoms with E-state index in [9.17, 15) is 0 Å². The Balaban J connectivity index is 2.49. The number of nitrogens with zero attached hydrogens (tertiary/aromatic N) is 1. The number of methoxy groups -OCH3 is 1. The molecule has 0 atom stereocenters. The quantitative estimate of drug-likeness (QED) is 0.757. The summed E-state index contributed by atoms with van der Waals surface area (Å²) in [5.41, 5.74) is 8.65. The molecular weight excluding hydrogens is 188 g/mol. The van der Waals surface area contributed by atoms with Crippen LogP contribution in [0.5, 0.6) is 5.88 Å². The fraction of sp³-hybridized carbons (Fsp3) is 0.0833. The third-order valence-electron chi connectivity index (χ3n) is 2.22. The lowest BCUT2D eigenvalue weighted by atomic mass is 10.1. The van der Waals surface area contributed by atoms with Crippen LogP contribution in [0, 0.1) is 0 Å². The zero-order valence-corrected chi connectivity index (χ0v) is 8.47. The fourth-order valence-corrected chi connectivity index (χ4v) is 1.45. The summed E-state index contributed by atoms with van der Waals surface area (Å²) in [6, 6.07) is 11.5. The van der Waals surface area contributed by atoms with Crippen LogP contribution in [0.3, 0.4) is 0 Å². The van der Waals surface area contributed by atoms with Crippen LogP contribution in [-0.4, -0.2) is 12.1 Å². The number of ether oxygens (including phenoxy) is 1. The first-order valence-corrected chi connectivity index (χ1v) is 4.66. The first-order valence-electron chi connectivity index (χ1n) is 4.66. The average Bonchev–Trinajstić information content (AvgIpc) is 2.30. The number of aromatic nitrogens is 1. The highest BCUT2D eigenvalue weighted by Crippen LogP contribution is 2.26. The molecule has 0 aliphatic heterocycles. The van der Waals surface area contributed by atoms with Gasteiger partial charge in [0, 0.05) is 23.5 Å². The van der Waals surface area contributed by atoms with E-state index in [2.05, 4.69) is 4.98 Å². The van der Waals surface area contributed by atoms with Crippen LogP contribution in [0.2, 0.25) is 0 Å². The van der Waals surface area contributed by atoms with E-state index >= 15 is 0 Å². The summed E-state index contributed by atoms with van der Waals surface area (Å²) in [6.07, 6.45) is 1.71. The molecule has 1 heterocycles. The van der Waals surface area contributed by atoms with Gasteiger partial charge in [-0.3, -0.25) is 0 Å². The van der Waals surface area contributed by atoms with Crippen molar-refractivity contribution in [3.8, 4) is 17.0 Å². The molecule has 1 aromatic carbocycles. The maximum atomic E-state index is 5.88. The maximum absolute atomic E-state index is 5.88. The van der Waals surface area contributed by atoms with E-state index in [1.54, 1.807) is 13.3 Å². The van der Waals surface area contributed by atoms with Crippen molar-refractivity contribution < 1.29 is 4.74 Å². The highest BCUT2D eigenvalue weighted by Gasteiger charge is 2.02. The molecule has 15 heavy (non-hydrogen) atoms. The smallest absolute Gasteiger partial charge is 0.213 e. The highest BCUT2D eigenvalue weighted by molar-refractivity contribution is 5.76. The molecule has 76 valence electrons. The van der Waals surface area contributed by atoms with Gasteiger partial charge in [0.15, 0.2) is 0 Å². The van der Waals surface area contributed by atoms with Crippen LogP contribution >= 0.6 is 0 Å². The molecule has 1 aromatic heterocycles. The summed E-state index contributed by atoms with van der Waals surface area (Å²) in [7, 11) is 1.60. The largest absolute Gasteiger partial charge is 0.481 e. The Kier molecular flexibility index (Phi) is 2.54. The predicted octanol–water partition coefficient (Wildman–Crippen LogP) is 2.34. The van der Waals surface area contributed by atoms with Crippen molar-refractivity contribution in [2.75, 3.05) is 12.8 Å². The summed E-state index contributed by atoms with van der Waals surface area (Å²) in [4.78, 5) is 4.05. The Morgan fingerprint density at radius 1 is 1.20 bits per heavy atom. The van der Waals surface area contributed by atoms with E-state index < -0.39 is 0 Å². The van der Waals surface area contributed by atoms with Gasteiger partial charge in [-0.05, 0) is 17.7 Å². The van der Waals surface area contributed by atoms with Crippen LogP contribution in [0.15, 0.2) is 42.6 Å². The zero-order chi connectivity index (χ0) is 10.7. The molecule has 0 aliphatic carbocycles. The minimum atomic E-state index is 0.593. The van der Waals surface area contributed by atoms with Gasteiger partial charge in [0.05, 0.1) is 7.11 Å². The van der Waals surface area contributed by atoms with Crippen LogP contribution in [0.1, 0.15) is 0 Å². The number of hydrogen-bond donors (Lipinski definition) is 1. The van der Waals surface area contributed by atoms with Gasteiger partial charge in [-0.2, -0.15) is 0 Å². The number of pyridine rings is 1. The lowest BCUT2D eigenvalue weighted by Gasteiger charge is -2.06. The summed E-state index contributed by atoms with van der Waals surface area (Å²) < 4.78 is 5.06. The monoisotopic (exact) mass is 200 g/mol. The molecule has 0 fully saturated rings. The molecule has 0 bridgehead atoms. The van der Waals surface area contributed by atoms with Crippen LogP contribution in [0.4, 0.5) is 5.69 Å². The van der Waals surface area contributed by atoms with Gasteiger partial charge in [-0.1, -0.05) is 18.2 Å². The van der Waals surface area contributed by atoms with Gasteiger partial charge in [0.1, 0.15) is 0 Å². The predicted molar refractivity (Wildman–Crippen MR) is 60.6 cm³/mol. The maximum Gasteiger partial charge on any atom is 0.213 e. The van der Waals surface area contributed by atoms with Gasteiger partial charge in [-0.25, -0.2) is 4.98 Å². The molecule has 0 saturated carbocycles. The van der Waals surface area contributed by atoms with Crippen molar-refractivity contribution in [1.82, 2.24) is 4.98 Å². The zero-order valence-electron chi connectivity index (χ0n) is 8.47. The molecule has 0 aliphatic rings. The van der Waals surface area contributed by atoms with Crippen molar-refractivity contribution >= 4 is 5.69 Å². The molecule has 2 aromatic rings. The van der Waals surface area contributed by atoms with Gasteiger partial charge in [0.25, 0.3) is 0 Å². The molecule has 2 N–H and O–H groups in total. The second-order valence-electron chi connectivity index (χ2n) is 3.17. The summed E-state index contributed by atoms with van der Waals surface area (Å²) in [5.74, 6) is 0.593. The van der Waals surface area contributed by atoms with Crippen molar-refractivity contribution in [3.05, 3.63) is 42.6 Å². The number of benzene rings is 1. The van der Waals surface area contributed by atoms with Gasteiger partial charge in [-0.15, -0.1) is 0 Å². The third kappa shape index (κ3) is 1.91. The Morgan fingerprint density at radius 3 is 2.73 bits per heavy atom. The van der Waals surface area contributed by atoms with E-state index in [0.717, 1.165) is 16.8 Å². The lowest BCUT2D eigenvalue weighted by Crippen LogP contribution is -1.91. The number of para-hydroxylation sites is 1. The number of hydrogen-bond acceptors (Lipinski definition) is 3. The highest BCUT2D eigenvalue weighted by atomic mass is 16.5. The Morgan fingerprint density at radius 2 is 2.00 bits per heavy atom. The molecular formula is C12H12N2O. The SMILES string of the molecule is COc1cc(-c2ccccc2N)ccn1. The van der Waals surface area contributed by atoms with Crippen LogP contribution in [0.25, 0.3) is 11.1 Å². The fourth-order valence-electron chi connectivity index (χ4n) is 1.45. The number of nitrogens with two attached hydrogens (primary N) is 1. The van der Waals surface area contributed by atoms with E-state index in [0.29, 0.717) is 5.88 Å². The Hall–Kier alpha value is -2.03. The molecule has 2 rings (SSSR count). The second kappa shape index (κ2) is 4.00. The lowest BCUT2D eigenvalue weighted by molar-refractivity contribution is 0.398. The third-order valence-corrected chi connectivity index (χ3v) is 2.22.